The highest BCUT2D eigenvalue weighted by Gasteiger charge is 2.24. The molecule has 0 bridgehead atoms. The molecule has 42 heavy (non-hydrogen) atoms. The Morgan fingerprint density at radius 2 is 2.05 bits per heavy atom. The SMILES string of the molecule is CC(=O)N1CCC(Nc2cc(C(=O)NCC(O)CN3CCc4c(ccc(OCc5conc5C)c4Cl)C3)ncn2)CC1. The summed E-state index contributed by atoms with van der Waals surface area (Å²) in [5.74, 6) is 0.885. The van der Waals surface area contributed by atoms with E-state index >= 15 is 0 Å². The first kappa shape index (κ1) is 29.7. The van der Waals surface area contributed by atoms with Crippen LogP contribution < -0.4 is 15.4 Å². The number of aryl methyl sites for hydroxylation is 1. The third-order valence-electron chi connectivity index (χ3n) is 7.77. The van der Waals surface area contributed by atoms with E-state index in [1.165, 1.54) is 6.33 Å². The van der Waals surface area contributed by atoms with Crippen LogP contribution in [0.1, 0.15) is 52.6 Å². The Hall–Kier alpha value is -3.74. The van der Waals surface area contributed by atoms with E-state index in [1.807, 2.05) is 24.0 Å². The van der Waals surface area contributed by atoms with E-state index in [9.17, 15) is 14.7 Å². The second-order valence-corrected chi connectivity index (χ2v) is 11.2. The molecule has 5 rings (SSSR count). The molecule has 3 aromatic rings. The fraction of sp³-hybridized carbons (Fsp3) is 0.483. The smallest absolute Gasteiger partial charge is 0.270 e. The summed E-state index contributed by atoms with van der Waals surface area (Å²) in [5.41, 5.74) is 4.01. The van der Waals surface area contributed by atoms with Gasteiger partial charge in [-0.3, -0.25) is 14.5 Å². The molecule has 13 heteroatoms. The van der Waals surface area contributed by atoms with Crippen molar-refractivity contribution < 1.29 is 24.0 Å². The number of anilines is 1. The van der Waals surface area contributed by atoms with Gasteiger partial charge in [-0.15, -0.1) is 0 Å². The fourth-order valence-corrected chi connectivity index (χ4v) is 5.63. The van der Waals surface area contributed by atoms with Crippen LogP contribution in [0, 0.1) is 6.92 Å². The number of carbonyl (C=O) groups excluding carboxylic acids is 2. The summed E-state index contributed by atoms with van der Waals surface area (Å²) in [6.45, 7) is 7.00. The number of benzene rings is 1. The molecule has 0 spiro atoms. The van der Waals surface area contributed by atoms with E-state index in [2.05, 4.69) is 30.7 Å². The summed E-state index contributed by atoms with van der Waals surface area (Å²) >= 11 is 6.68. The second kappa shape index (κ2) is 13.5. The number of hydrogen-bond acceptors (Lipinski definition) is 10. The van der Waals surface area contributed by atoms with Gasteiger partial charge in [0.25, 0.3) is 5.91 Å². The number of nitrogens with zero attached hydrogens (tertiary/aromatic N) is 5. The number of likely N-dealkylation sites (tertiary alicyclic amines) is 1. The zero-order chi connectivity index (χ0) is 29.6. The molecule has 0 aliphatic carbocycles. The molecule has 3 N–H and O–H groups in total. The third-order valence-corrected chi connectivity index (χ3v) is 8.18. The van der Waals surface area contributed by atoms with Crippen LogP contribution in [-0.4, -0.2) is 86.7 Å². The number of fused-ring (bicyclic) bond motifs is 1. The van der Waals surface area contributed by atoms with E-state index in [1.54, 1.807) is 19.3 Å². The molecular formula is C29H36ClN7O5. The van der Waals surface area contributed by atoms with Gasteiger partial charge >= 0.3 is 0 Å². The third kappa shape index (κ3) is 7.36. The lowest BCUT2D eigenvalue weighted by molar-refractivity contribution is -0.129. The molecule has 1 saturated heterocycles. The molecular weight excluding hydrogens is 562 g/mol. The molecule has 1 fully saturated rings. The number of amides is 2. The van der Waals surface area contributed by atoms with Gasteiger partial charge in [0.05, 0.1) is 22.4 Å². The lowest BCUT2D eigenvalue weighted by Gasteiger charge is -2.32. The first-order valence-corrected chi connectivity index (χ1v) is 14.5. The highest BCUT2D eigenvalue weighted by atomic mass is 35.5. The van der Waals surface area contributed by atoms with Gasteiger partial charge in [-0.05, 0) is 43.4 Å². The molecule has 4 heterocycles. The Balaban J connectivity index is 1.08. The molecule has 1 aromatic carbocycles. The van der Waals surface area contributed by atoms with Crippen LogP contribution in [0.2, 0.25) is 5.02 Å². The maximum atomic E-state index is 12.8. The number of aromatic nitrogens is 3. The summed E-state index contributed by atoms with van der Waals surface area (Å²) < 4.78 is 10.9. The van der Waals surface area contributed by atoms with Crippen molar-refractivity contribution in [2.45, 2.75) is 58.4 Å². The number of nitrogens with one attached hydrogen (secondary N) is 2. The average molecular weight is 598 g/mol. The van der Waals surface area contributed by atoms with Crippen LogP contribution >= 0.6 is 11.6 Å². The molecule has 2 aliphatic rings. The summed E-state index contributed by atoms with van der Waals surface area (Å²) in [7, 11) is 0. The van der Waals surface area contributed by atoms with E-state index in [4.69, 9.17) is 20.9 Å². The maximum absolute atomic E-state index is 12.8. The Morgan fingerprint density at radius 1 is 1.24 bits per heavy atom. The van der Waals surface area contributed by atoms with Crippen LogP contribution in [0.25, 0.3) is 0 Å². The standard InChI is InChI=1S/C29H36ClN7O5/c1-18-21(16-42-35-18)15-41-26-4-3-20-13-36(8-7-24(20)28(26)30)14-23(39)12-31-29(40)25-11-27(33-17-32-25)34-22-5-9-37(10-6-22)19(2)38/h3-4,11,16-17,22-23,39H,5-10,12-15H2,1-2H3,(H,31,40)(H,32,33,34). The number of halogens is 1. The molecule has 2 aliphatic heterocycles. The summed E-state index contributed by atoms with van der Waals surface area (Å²) in [6, 6.07) is 5.64. The van der Waals surface area contributed by atoms with E-state index in [0.29, 0.717) is 49.4 Å². The number of carbonyl (C=O) groups is 2. The number of piperidine rings is 1. The van der Waals surface area contributed by atoms with Crippen molar-refractivity contribution >= 4 is 29.2 Å². The largest absolute Gasteiger partial charge is 0.487 e. The van der Waals surface area contributed by atoms with Crippen molar-refractivity contribution in [3.05, 3.63) is 63.9 Å². The van der Waals surface area contributed by atoms with E-state index < -0.39 is 6.10 Å². The van der Waals surface area contributed by atoms with Crippen LogP contribution in [0.5, 0.6) is 5.75 Å². The first-order chi connectivity index (χ1) is 20.3. The molecule has 0 radical (unpaired) electrons. The minimum absolute atomic E-state index is 0.0845. The predicted octanol–water partition coefficient (Wildman–Crippen LogP) is 2.58. The molecule has 2 amide bonds. The highest BCUT2D eigenvalue weighted by molar-refractivity contribution is 6.33. The maximum Gasteiger partial charge on any atom is 0.270 e. The van der Waals surface area contributed by atoms with Crippen molar-refractivity contribution in [2.24, 2.45) is 0 Å². The zero-order valence-electron chi connectivity index (χ0n) is 23.8. The Morgan fingerprint density at radius 3 is 2.79 bits per heavy atom. The lowest BCUT2D eigenvalue weighted by Crippen LogP contribution is -2.42. The van der Waals surface area contributed by atoms with Gasteiger partial charge in [-0.25, -0.2) is 9.97 Å². The number of aliphatic hydroxyl groups excluding tert-OH is 1. The van der Waals surface area contributed by atoms with Crippen LogP contribution in [0.4, 0.5) is 5.82 Å². The highest BCUT2D eigenvalue weighted by Crippen LogP contribution is 2.34. The minimum atomic E-state index is -0.758. The average Bonchev–Trinajstić information content (AvgIpc) is 3.40. The van der Waals surface area contributed by atoms with Crippen molar-refractivity contribution in [3.8, 4) is 5.75 Å². The molecule has 2 aromatic heterocycles. The van der Waals surface area contributed by atoms with Gasteiger partial charge in [-0.1, -0.05) is 22.8 Å². The normalized spacial score (nSPS) is 16.5. The zero-order valence-corrected chi connectivity index (χ0v) is 24.6. The van der Waals surface area contributed by atoms with Crippen LogP contribution in [0.3, 0.4) is 0 Å². The molecule has 1 unspecified atom stereocenters. The molecule has 12 nitrogen and oxygen atoms in total. The van der Waals surface area contributed by atoms with E-state index in [-0.39, 0.29) is 30.1 Å². The quantitative estimate of drug-likeness (QED) is 0.319. The number of ether oxygens (including phenoxy) is 1. The van der Waals surface area contributed by atoms with Gasteiger partial charge in [0.1, 0.15) is 36.5 Å². The topological polar surface area (TPSA) is 146 Å². The first-order valence-electron chi connectivity index (χ1n) is 14.1. The summed E-state index contributed by atoms with van der Waals surface area (Å²) in [4.78, 5) is 36.6. The van der Waals surface area contributed by atoms with Gasteiger partial charge in [-0.2, -0.15) is 0 Å². The summed E-state index contributed by atoms with van der Waals surface area (Å²) in [6.07, 6.45) is 4.50. The molecule has 0 saturated carbocycles. The summed E-state index contributed by atoms with van der Waals surface area (Å²) in [5, 5.41) is 21.3. The van der Waals surface area contributed by atoms with Gasteiger partial charge in [0.15, 0.2) is 0 Å². The fourth-order valence-electron chi connectivity index (χ4n) is 5.29. The van der Waals surface area contributed by atoms with Gasteiger partial charge in [0.2, 0.25) is 5.91 Å². The van der Waals surface area contributed by atoms with Crippen LogP contribution in [0.15, 0.2) is 35.3 Å². The number of β-amino-alcohol motifs (C(OH)–C–C–N with tert-alkyl or cyclic N) is 1. The Labute approximate surface area is 249 Å². The molecule has 1 atom stereocenters. The predicted molar refractivity (Wildman–Crippen MR) is 155 cm³/mol. The number of aliphatic hydroxyl groups is 1. The monoisotopic (exact) mass is 597 g/mol. The van der Waals surface area contributed by atoms with Crippen LogP contribution in [-0.2, 0) is 24.4 Å². The van der Waals surface area contributed by atoms with Crippen molar-refractivity contribution in [1.82, 2.24) is 30.2 Å². The van der Waals surface area contributed by atoms with Gasteiger partial charge < -0.3 is 29.9 Å². The minimum Gasteiger partial charge on any atom is -0.487 e. The lowest BCUT2D eigenvalue weighted by atomic mass is 9.99. The second-order valence-electron chi connectivity index (χ2n) is 10.8. The van der Waals surface area contributed by atoms with Crippen molar-refractivity contribution in [1.29, 1.82) is 0 Å². The van der Waals surface area contributed by atoms with Gasteiger partial charge in [0, 0.05) is 58.3 Å². The molecule has 224 valence electrons. The Kier molecular flexibility index (Phi) is 9.55. The van der Waals surface area contributed by atoms with Crippen molar-refractivity contribution in [3.63, 3.8) is 0 Å². The van der Waals surface area contributed by atoms with E-state index in [0.717, 1.165) is 48.2 Å². The van der Waals surface area contributed by atoms with Crippen molar-refractivity contribution in [2.75, 3.05) is 38.0 Å². The Bertz CT molecular complexity index is 1410. The number of hydrogen-bond donors (Lipinski definition) is 3. The number of rotatable bonds is 10.